The summed E-state index contributed by atoms with van der Waals surface area (Å²) in [5.74, 6) is 0. The molecular weight excluding hydrogens is 91.1 g/mol. The highest BCUT2D eigenvalue weighted by atomic mass is 19.1. The number of hydrogen-bond donors (Lipinski definition) is 0. The average molecular weight is 102 g/mol. The van der Waals surface area contributed by atoms with Crippen molar-refractivity contribution in [3.8, 4) is 0 Å². The van der Waals surface area contributed by atoms with E-state index in [2.05, 4.69) is 13.8 Å². The van der Waals surface area contributed by atoms with Crippen LogP contribution in [0.3, 0.4) is 0 Å². The van der Waals surface area contributed by atoms with Crippen LogP contribution in [0.25, 0.3) is 0 Å². The van der Waals surface area contributed by atoms with Gasteiger partial charge in [-0.3, -0.25) is 0 Å². The third-order valence-corrected chi connectivity index (χ3v) is 0.831. The Balaban J connectivity index is 2.83. The smallest absolute Gasteiger partial charge is 0.100 e. The maximum Gasteiger partial charge on any atom is 0.100 e. The molecule has 0 bridgehead atoms. The predicted octanol–water partition coefficient (Wildman–Crippen LogP) is 2.16. The molecule has 0 aromatic heterocycles. The lowest BCUT2D eigenvalue weighted by molar-refractivity contribution is 0.318. The highest BCUT2D eigenvalue weighted by molar-refractivity contribution is 4.57. The standard InChI is InChI=1S/C6H11F/c1-3-5-6(7)4-2/h6H,1-5H2. The van der Waals surface area contributed by atoms with Crippen LogP contribution in [0.5, 0.6) is 0 Å². The fourth-order valence-electron chi connectivity index (χ4n) is 0.366. The van der Waals surface area contributed by atoms with Crippen LogP contribution in [0.4, 0.5) is 4.39 Å². The van der Waals surface area contributed by atoms with Crippen molar-refractivity contribution in [2.24, 2.45) is 0 Å². The largest absolute Gasteiger partial charge is 0.247 e. The second kappa shape index (κ2) is 4.10. The molecule has 7 heavy (non-hydrogen) atoms. The maximum absolute atomic E-state index is 12.0. The molecule has 0 rings (SSSR count). The minimum absolute atomic E-state index is 0.384. The molecule has 0 aliphatic rings. The zero-order chi connectivity index (χ0) is 5.70. The second-order valence-electron chi connectivity index (χ2n) is 1.53. The van der Waals surface area contributed by atoms with E-state index >= 15 is 0 Å². The Bertz CT molecular complexity index is 35.2. The van der Waals surface area contributed by atoms with E-state index in [9.17, 15) is 4.39 Å². The van der Waals surface area contributed by atoms with Gasteiger partial charge in [-0.05, 0) is 12.8 Å². The fraction of sp³-hybridized carbons (Fsp3) is 0.667. The molecule has 1 heteroatoms. The number of hydrogen-bond acceptors (Lipinski definition) is 0. The summed E-state index contributed by atoms with van der Waals surface area (Å²) in [7, 11) is 0. The monoisotopic (exact) mass is 102 g/mol. The number of alkyl halides is 1. The first-order chi connectivity index (χ1) is 3.31. The van der Waals surface area contributed by atoms with Crippen molar-refractivity contribution in [1.29, 1.82) is 0 Å². The van der Waals surface area contributed by atoms with E-state index in [1.165, 1.54) is 0 Å². The molecule has 1 unspecified atom stereocenters. The van der Waals surface area contributed by atoms with Gasteiger partial charge in [0.05, 0.1) is 0 Å². The van der Waals surface area contributed by atoms with Crippen molar-refractivity contribution >= 4 is 0 Å². The summed E-state index contributed by atoms with van der Waals surface area (Å²) in [6, 6.07) is 0. The molecular formula is C6H11F. The normalized spacial score (nSPS) is 14.1. The third kappa shape index (κ3) is 3.77. The minimum Gasteiger partial charge on any atom is -0.247 e. The first kappa shape index (κ1) is 6.93. The Morgan fingerprint density at radius 1 is 1.43 bits per heavy atom. The minimum atomic E-state index is -0.725. The van der Waals surface area contributed by atoms with Crippen molar-refractivity contribution in [2.75, 3.05) is 0 Å². The van der Waals surface area contributed by atoms with Gasteiger partial charge in [-0.25, -0.2) is 4.39 Å². The molecule has 0 aliphatic carbocycles. The molecule has 1 atom stereocenters. The van der Waals surface area contributed by atoms with E-state index in [4.69, 9.17) is 0 Å². The lowest BCUT2D eigenvalue weighted by Crippen LogP contribution is -1.94. The first-order valence-electron chi connectivity index (χ1n) is 2.53. The predicted molar refractivity (Wildman–Crippen MR) is 29.5 cm³/mol. The third-order valence-electron chi connectivity index (χ3n) is 0.831. The van der Waals surface area contributed by atoms with Crippen molar-refractivity contribution in [3.63, 3.8) is 0 Å². The first-order valence-corrected chi connectivity index (χ1v) is 2.53. The van der Waals surface area contributed by atoms with Crippen LogP contribution in [-0.2, 0) is 0 Å². The van der Waals surface area contributed by atoms with Crippen molar-refractivity contribution in [1.82, 2.24) is 0 Å². The Hall–Kier alpha value is -0.0700. The van der Waals surface area contributed by atoms with Gasteiger partial charge in [0.15, 0.2) is 0 Å². The molecule has 0 aromatic rings. The Labute approximate surface area is 44.7 Å². The molecule has 0 saturated carbocycles. The summed E-state index contributed by atoms with van der Waals surface area (Å²) < 4.78 is 12.0. The quantitative estimate of drug-likeness (QED) is 0.512. The van der Waals surface area contributed by atoms with E-state index in [1.54, 1.807) is 0 Å². The van der Waals surface area contributed by atoms with Crippen molar-refractivity contribution in [3.05, 3.63) is 13.8 Å². The van der Waals surface area contributed by atoms with Crippen LogP contribution in [0, 0.1) is 13.8 Å². The van der Waals surface area contributed by atoms with E-state index in [1.807, 2.05) is 0 Å². The zero-order valence-corrected chi connectivity index (χ0v) is 4.49. The van der Waals surface area contributed by atoms with E-state index in [0.29, 0.717) is 19.3 Å². The van der Waals surface area contributed by atoms with Gasteiger partial charge in [0.2, 0.25) is 0 Å². The summed E-state index contributed by atoms with van der Waals surface area (Å²) in [4.78, 5) is 0. The van der Waals surface area contributed by atoms with Crippen LogP contribution in [0.1, 0.15) is 19.3 Å². The molecule has 0 heterocycles. The Kier molecular flexibility index (Phi) is 4.06. The van der Waals surface area contributed by atoms with E-state index < -0.39 is 6.17 Å². The molecule has 2 radical (unpaired) electrons. The lowest BCUT2D eigenvalue weighted by atomic mass is 10.2. The van der Waals surface area contributed by atoms with Gasteiger partial charge in [0.1, 0.15) is 6.17 Å². The van der Waals surface area contributed by atoms with Gasteiger partial charge in [-0.1, -0.05) is 20.3 Å². The van der Waals surface area contributed by atoms with Gasteiger partial charge in [-0.15, -0.1) is 0 Å². The second-order valence-corrected chi connectivity index (χ2v) is 1.53. The molecule has 0 N–H and O–H groups in total. The fourth-order valence-corrected chi connectivity index (χ4v) is 0.366. The summed E-state index contributed by atoms with van der Waals surface area (Å²) in [5, 5.41) is 0. The van der Waals surface area contributed by atoms with Gasteiger partial charge in [-0.2, -0.15) is 0 Å². The van der Waals surface area contributed by atoms with Crippen molar-refractivity contribution in [2.45, 2.75) is 25.4 Å². The van der Waals surface area contributed by atoms with Gasteiger partial charge in [0.25, 0.3) is 0 Å². The maximum atomic E-state index is 12.0. The highest BCUT2D eigenvalue weighted by Crippen LogP contribution is 2.03. The molecule has 0 nitrogen and oxygen atoms in total. The lowest BCUT2D eigenvalue weighted by Gasteiger charge is -1.98. The highest BCUT2D eigenvalue weighted by Gasteiger charge is 1.97. The van der Waals surface area contributed by atoms with E-state index in [0.717, 1.165) is 0 Å². The summed E-state index contributed by atoms with van der Waals surface area (Å²) in [6.45, 7) is 6.91. The zero-order valence-electron chi connectivity index (χ0n) is 4.49. The summed E-state index contributed by atoms with van der Waals surface area (Å²) >= 11 is 0. The Morgan fingerprint density at radius 2 is 2.00 bits per heavy atom. The van der Waals surface area contributed by atoms with Crippen LogP contribution in [0.2, 0.25) is 0 Å². The van der Waals surface area contributed by atoms with Crippen LogP contribution in [-0.4, -0.2) is 6.17 Å². The summed E-state index contributed by atoms with van der Waals surface area (Å²) in [5.41, 5.74) is 0. The molecule has 42 valence electrons. The molecule has 0 aromatic carbocycles. The van der Waals surface area contributed by atoms with Gasteiger partial charge < -0.3 is 0 Å². The van der Waals surface area contributed by atoms with Crippen LogP contribution < -0.4 is 0 Å². The Morgan fingerprint density at radius 3 is 2.14 bits per heavy atom. The van der Waals surface area contributed by atoms with Crippen LogP contribution in [0.15, 0.2) is 0 Å². The molecule has 0 aliphatic heterocycles. The molecule has 0 fully saturated rings. The van der Waals surface area contributed by atoms with Crippen LogP contribution >= 0.6 is 0 Å². The van der Waals surface area contributed by atoms with E-state index in [-0.39, 0.29) is 0 Å². The van der Waals surface area contributed by atoms with Gasteiger partial charge >= 0.3 is 0 Å². The average Bonchev–Trinajstić information content (AvgIpc) is 1.68. The summed E-state index contributed by atoms with van der Waals surface area (Å²) in [6.07, 6.45) is 0.896. The molecule has 0 saturated heterocycles. The topological polar surface area (TPSA) is 0 Å². The van der Waals surface area contributed by atoms with Crippen molar-refractivity contribution < 1.29 is 4.39 Å². The number of halogens is 1. The molecule has 0 amide bonds. The van der Waals surface area contributed by atoms with Gasteiger partial charge in [0, 0.05) is 0 Å². The molecule has 0 spiro atoms. The number of rotatable bonds is 3. The SMILES string of the molecule is [CH2]CCC(F)C[CH2].